The number of pyridine rings is 1. The Kier molecular flexibility index (Phi) is 5.54. The third-order valence-corrected chi connectivity index (χ3v) is 5.96. The zero-order valence-corrected chi connectivity index (χ0v) is 17.1. The Balaban J connectivity index is 1.13. The van der Waals surface area contributed by atoms with Crippen LogP contribution in [0.15, 0.2) is 61.4 Å². The van der Waals surface area contributed by atoms with Crippen LogP contribution in [0.3, 0.4) is 0 Å². The summed E-state index contributed by atoms with van der Waals surface area (Å²) in [6, 6.07) is 12.9. The lowest BCUT2D eigenvalue weighted by molar-refractivity contribution is 0.126. The molecule has 30 heavy (non-hydrogen) atoms. The summed E-state index contributed by atoms with van der Waals surface area (Å²) in [4.78, 5) is 13.0. The lowest BCUT2D eigenvalue weighted by atomic mass is 10.1. The number of aryl methyl sites for hydroxylation is 1. The van der Waals surface area contributed by atoms with Gasteiger partial charge < -0.3 is 9.88 Å². The van der Waals surface area contributed by atoms with Crippen molar-refractivity contribution in [3.05, 3.63) is 72.6 Å². The zero-order valence-electron chi connectivity index (χ0n) is 17.1. The lowest BCUT2D eigenvalue weighted by Crippen LogP contribution is -2.46. The summed E-state index contributed by atoms with van der Waals surface area (Å²) in [5.74, 6) is 0.850. The molecule has 1 N–H and O–H groups in total. The molecule has 1 aliphatic heterocycles. The number of piperazine rings is 1. The normalized spacial score (nSPS) is 15.7. The van der Waals surface area contributed by atoms with Crippen molar-refractivity contribution >= 4 is 10.9 Å². The first kappa shape index (κ1) is 19.0. The van der Waals surface area contributed by atoms with Crippen LogP contribution in [0.2, 0.25) is 0 Å². The van der Waals surface area contributed by atoms with Crippen LogP contribution in [0.4, 0.5) is 0 Å². The van der Waals surface area contributed by atoms with Crippen molar-refractivity contribution < 1.29 is 0 Å². The number of nitrogens with zero attached hydrogens (tertiary/aromatic N) is 6. The maximum absolute atomic E-state index is 4.49. The van der Waals surface area contributed by atoms with E-state index >= 15 is 0 Å². The van der Waals surface area contributed by atoms with E-state index in [4.69, 9.17) is 0 Å². The molecule has 4 aromatic rings. The Bertz CT molecular complexity index is 1060. The van der Waals surface area contributed by atoms with Crippen molar-refractivity contribution in [2.45, 2.75) is 19.4 Å². The second kappa shape index (κ2) is 8.77. The van der Waals surface area contributed by atoms with Crippen molar-refractivity contribution in [2.75, 3.05) is 32.7 Å². The monoisotopic (exact) mass is 401 g/mol. The molecule has 0 amide bonds. The largest absolute Gasteiger partial charge is 0.360 e. The minimum atomic E-state index is 0.850. The summed E-state index contributed by atoms with van der Waals surface area (Å²) in [5.41, 5.74) is 3.84. The van der Waals surface area contributed by atoms with Crippen LogP contribution in [0, 0.1) is 0 Å². The molecule has 1 fully saturated rings. The zero-order chi connectivity index (χ0) is 20.2. The van der Waals surface area contributed by atoms with E-state index in [1.54, 1.807) is 12.7 Å². The van der Waals surface area contributed by atoms with Gasteiger partial charge in [0.1, 0.15) is 18.5 Å². The van der Waals surface area contributed by atoms with Gasteiger partial charge in [-0.2, -0.15) is 0 Å². The Hall–Kier alpha value is -3.03. The first-order chi connectivity index (χ1) is 14.8. The summed E-state index contributed by atoms with van der Waals surface area (Å²) in [7, 11) is 0. The second-order valence-electron chi connectivity index (χ2n) is 7.98. The minimum absolute atomic E-state index is 0.850. The van der Waals surface area contributed by atoms with Crippen molar-refractivity contribution in [1.29, 1.82) is 0 Å². The molecule has 5 rings (SSSR count). The highest BCUT2D eigenvalue weighted by Crippen LogP contribution is 2.21. The summed E-state index contributed by atoms with van der Waals surface area (Å²) in [6.45, 7) is 6.82. The van der Waals surface area contributed by atoms with E-state index in [-0.39, 0.29) is 0 Å². The standard InChI is InChI=1S/C23H27N7/c1-2-5-19(6-3-1)16-29-11-9-28(10-12-29)8-4-7-20-14-24-22-15-25-23(13-21(20)22)30-17-26-27-18-30/h1-3,5-6,13-15,17-18,24H,4,7-12,16H2. The molecule has 4 heterocycles. The average Bonchev–Trinajstić information content (AvgIpc) is 3.46. The molecule has 0 unspecified atom stereocenters. The number of aromatic amines is 1. The van der Waals surface area contributed by atoms with Gasteiger partial charge in [0, 0.05) is 44.3 Å². The van der Waals surface area contributed by atoms with E-state index in [0.717, 1.165) is 63.4 Å². The number of hydrogen-bond acceptors (Lipinski definition) is 5. The van der Waals surface area contributed by atoms with Crippen LogP contribution in [-0.2, 0) is 13.0 Å². The van der Waals surface area contributed by atoms with Crippen LogP contribution in [0.25, 0.3) is 16.7 Å². The summed E-state index contributed by atoms with van der Waals surface area (Å²) in [6.07, 6.45) is 9.60. The van der Waals surface area contributed by atoms with Crippen LogP contribution >= 0.6 is 0 Å². The van der Waals surface area contributed by atoms with Crippen molar-refractivity contribution in [1.82, 2.24) is 34.5 Å². The number of nitrogens with one attached hydrogen (secondary N) is 1. The molecule has 3 aromatic heterocycles. The summed E-state index contributed by atoms with van der Waals surface area (Å²) in [5, 5.41) is 8.99. The minimum Gasteiger partial charge on any atom is -0.360 e. The molecule has 7 heteroatoms. The Morgan fingerprint density at radius 1 is 0.933 bits per heavy atom. The number of H-pyrrole nitrogens is 1. The van der Waals surface area contributed by atoms with Gasteiger partial charge in [-0.05, 0) is 36.6 Å². The maximum atomic E-state index is 4.49. The van der Waals surface area contributed by atoms with E-state index in [1.807, 2.05) is 10.8 Å². The predicted octanol–water partition coefficient (Wildman–Crippen LogP) is 2.89. The molecule has 1 saturated heterocycles. The molecule has 0 radical (unpaired) electrons. The molecule has 154 valence electrons. The average molecular weight is 402 g/mol. The SMILES string of the molecule is c1ccc(CN2CCN(CCCc3c[nH]c4cnc(-n5cnnc5)cc34)CC2)cc1. The van der Waals surface area contributed by atoms with Gasteiger partial charge in [-0.3, -0.25) is 9.47 Å². The molecule has 7 nitrogen and oxygen atoms in total. The van der Waals surface area contributed by atoms with Gasteiger partial charge in [-0.1, -0.05) is 30.3 Å². The third-order valence-electron chi connectivity index (χ3n) is 5.96. The highest BCUT2D eigenvalue weighted by molar-refractivity contribution is 5.83. The van der Waals surface area contributed by atoms with Crippen LogP contribution in [-0.4, -0.2) is 67.3 Å². The molecule has 0 bridgehead atoms. The Morgan fingerprint density at radius 3 is 2.50 bits per heavy atom. The highest BCUT2D eigenvalue weighted by atomic mass is 15.3. The molecule has 0 spiro atoms. The first-order valence-corrected chi connectivity index (χ1v) is 10.6. The number of rotatable bonds is 7. The predicted molar refractivity (Wildman–Crippen MR) is 117 cm³/mol. The summed E-state index contributed by atoms with van der Waals surface area (Å²) >= 11 is 0. The molecule has 1 aromatic carbocycles. The molecule has 1 aliphatic rings. The van der Waals surface area contributed by atoms with Gasteiger partial charge in [-0.15, -0.1) is 10.2 Å². The molecule has 0 saturated carbocycles. The van der Waals surface area contributed by atoms with Gasteiger partial charge in [0.15, 0.2) is 0 Å². The van der Waals surface area contributed by atoms with Gasteiger partial charge in [0.2, 0.25) is 0 Å². The van der Waals surface area contributed by atoms with Gasteiger partial charge in [0.25, 0.3) is 0 Å². The first-order valence-electron chi connectivity index (χ1n) is 10.6. The number of benzene rings is 1. The molecule has 0 atom stereocenters. The smallest absolute Gasteiger partial charge is 0.139 e. The maximum Gasteiger partial charge on any atom is 0.139 e. The van der Waals surface area contributed by atoms with Crippen molar-refractivity contribution in [3.63, 3.8) is 0 Å². The fraction of sp³-hybridized carbons (Fsp3) is 0.348. The molecular weight excluding hydrogens is 374 g/mol. The highest BCUT2D eigenvalue weighted by Gasteiger charge is 2.17. The van der Waals surface area contributed by atoms with Crippen molar-refractivity contribution in [2.24, 2.45) is 0 Å². The number of hydrogen-bond donors (Lipinski definition) is 1. The lowest BCUT2D eigenvalue weighted by Gasteiger charge is -2.34. The van der Waals surface area contributed by atoms with E-state index in [0.29, 0.717) is 0 Å². The quantitative estimate of drug-likeness (QED) is 0.516. The van der Waals surface area contributed by atoms with E-state index in [9.17, 15) is 0 Å². The fourth-order valence-electron chi connectivity index (χ4n) is 4.24. The summed E-state index contributed by atoms with van der Waals surface area (Å²) < 4.78 is 1.84. The van der Waals surface area contributed by atoms with Gasteiger partial charge in [0.05, 0.1) is 11.7 Å². The number of aromatic nitrogens is 5. The van der Waals surface area contributed by atoms with Crippen LogP contribution < -0.4 is 0 Å². The van der Waals surface area contributed by atoms with Crippen molar-refractivity contribution in [3.8, 4) is 5.82 Å². The Labute approximate surface area is 176 Å². The molecular formula is C23H27N7. The fourth-order valence-corrected chi connectivity index (χ4v) is 4.24. The van der Waals surface area contributed by atoms with Gasteiger partial charge >= 0.3 is 0 Å². The van der Waals surface area contributed by atoms with E-state index in [1.165, 1.54) is 16.5 Å². The van der Waals surface area contributed by atoms with E-state index in [2.05, 4.69) is 72.6 Å². The van der Waals surface area contributed by atoms with Crippen LogP contribution in [0.1, 0.15) is 17.5 Å². The number of fused-ring (bicyclic) bond motifs is 1. The topological polar surface area (TPSA) is 65.9 Å². The Morgan fingerprint density at radius 2 is 1.70 bits per heavy atom. The third kappa shape index (κ3) is 4.27. The second-order valence-corrected chi connectivity index (χ2v) is 7.98. The van der Waals surface area contributed by atoms with Gasteiger partial charge in [-0.25, -0.2) is 4.98 Å². The van der Waals surface area contributed by atoms with E-state index < -0.39 is 0 Å². The molecule has 0 aliphatic carbocycles. The van der Waals surface area contributed by atoms with Crippen LogP contribution in [0.5, 0.6) is 0 Å².